The van der Waals surface area contributed by atoms with Gasteiger partial charge in [0.2, 0.25) is 0 Å². The van der Waals surface area contributed by atoms with Crippen LogP contribution in [0.5, 0.6) is 5.75 Å². The second-order valence-corrected chi connectivity index (χ2v) is 8.80. The molecule has 2 N–H and O–H groups in total. The number of methoxy groups -OCH3 is 1. The summed E-state index contributed by atoms with van der Waals surface area (Å²) in [5, 5.41) is 7.07. The van der Waals surface area contributed by atoms with Gasteiger partial charge in [-0.25, -0.2) is 0 Å². The number of hydrogen-bond donors (Lipinski definition) is 2. The van der Waals surface area contributed by atoms with Gasteiger partial charge < -0.3 is 15.4 Å². The van der Waals surface area contributed by atoms with Gasteiger partial charge in [0.05, 0.1) is 24.4 Å². The van der Waals surface area contributed by atoms with Crippen LogP contribution in [0, 0.1) is 5.92 Å². The Bertz CT molecular complexity index is 961. The van der Waals surface area contributed by atoms with Gasteiger partial charge in [0.15, 0.2) is 0 Å². The molecule has 3 aliphatic rings. The molecule has 4 nitrogen and oxygen atoms in total. The van der Waals surface area contributed by atoms with Crippen LogP contribution in [0.25, 0.3) is 0 Å². The Hall–Kier alpha value is -2.75. The van der Waals surface area contributed by atoms with Crippen LogP contribution >= 0.6 is 0 Å². The Kier molecular flexibility index (Phi) is 5.24. The minimum Gasteiger partial charge on any atom is -0.496 e. The second-order valence-electron chi connectivity index (χ2n) is 8.80. The number of anilines is 1. The van der Waals surface area contributed by atoms with Crippen molar-refractivity contribution in [3.63, 3.8) is 0 Å². The Balaban J connectivity index is 1.51. The monoisotopic (exact) mass is 402 g/mol. The molecular formula is C26H30N2O2. The molecule has 1 heterocycles. The number of benzene rings is 2. The fourth-order valence-electron chi connectivity index (χ4n) is 5.55. The standard InChI is InChI=1S/C26H30N2O2/c1-30-23-16-6-5-11-21(23)24-19-13-7-12-18(19)20-14-8-15-22(25(20)28-24)26(29)27-17-9-3-2-4-10-17/h5-8,11-12,14-19,24,28H,2-4,9-10,13H2,1H3,(H,27,29). The van der Waals surface area contributed by atoms with E-state index in [9.17, 15) is 4.79 Å². The number of rotatable bonds is 4. The van der Waals surface area contributed by atoms with E-state index in [2.05, 4.69) is 41.0 Å². The van der Waals surface area contributed by atoms with E-state index in [0.29, 0.717) is 17.9 Å². The third kappa shape index (κ3) is 3.38. The molecule has 3 atom stereocenters. The van der Waals surface area contributed by atoms with E-state index in [4.69, 9.17) is 4.74 Å². The number of para-hydroxylation sites is 2. The van der Waals surface area contributed by atoms with E-state index in [1.165, 1.54) is 24.8 Å². The van der Waals surface area contributed by atoms with Gasteiger partial charge in [0.1, 0.15) is 5.75 Å². The summed E-state index contributed by atoms with van der Waals surface area (Å²) in [6, 6.07) is 14.8. The highest BCUT2D eigenvalue weighted by atomic mass is 16.5. The second kappa shape index (κ2) is 8.17. The van der Waals surface area contributed by atoms with Crippen molar-refractivity contribution in [1.82, 2.24) is 5.32 Å². The minimum absolute atomic E-state index is 0.0467. The van der Waals surface area contributed by atoms with E-state index < -0.39 is 0 Å². The molecule has 1 fully saturated rings. The number of hydrogen-bond acceptors (Lipinski definition) is 3. The van der Waals surface area contributed by atoms with Crippen molar-refractivity contribution >= 4 is 11.6 Å². The van der Waals surface area contributed by atoms with Crippen molar-refractivity contribution in [2.45, 2.75) is 56.5 Å². The van der Waals surface area contributed by atoms with Crippen LogP contribution in [0.1, 0.15) is 72.0 Å². The zero-order valence-electron chi connectivity index (χ0n) is 17.6. The Morgan fingerprint density at radius 3 is 2.67 bits per heavy atom. The lowest BCUT2D eigenvalue weighted by Crippen LogP contribution is -2.37. The Morgan fingerprint density at radius 2 is 1.83 bits per heavy atom. The van der Waals surface area contributed by atoms with Crippen molar-refractivity contribution in [2.24, 2.45) is 5.92 Å². The maximum absolute atomic E-state index is 13.2. The zero-order valence-corrected chi connectivity index (χ0v) is 17.6. The van der Waals surface area contributed by atoms with E-state index in [0.717, 1.165) is 41.8 Å². The molecule has 0 spiro atoms. The molecule has 2 aliphatic carbocycles. The third-order valence-electron chi connectivity index (χ3n) is 7.06. The van der Waals surface area contributed by atoms with E-state index >= 15 is 0 Å². The van der Waals surface area contributed by atoms with Crippen LogP contribution in [0.3, 0.4) is 0 Å². The lowest BCUT2D eigenvalue weighted by molar-refractivity contribution is 0.0928. The molecule has 4 heteroatoms. The summed E-state index contributed by atoms with van der Waals surface area (Å²) >= 11 is 0. The molecule has 156 valence electrons. The number of amides is 1. The maximum atomic E-state index is 13.2. The van der Waals surface area contributed by atoms with E-state index in [1.807, 2.05) is 24.3 Å². The topological polar surface area (TPSA) is 50.4 Å². The zero-order chi connectivity index (χ0) is 20.5. The number of fused-ring (bicyclic) bond motifs is 3. The fraction of sp³-hybridized carbons (Fsp3) is 0.423. The summed E-state index contributed by atoms with van der Waals surface area (Å²) in [6.45, 7) is 0. The Morgan fingerprint density at radius 1 is 1.03 bits per heavy atom. The van der Waals surface area contributed by atoms with E-state index in [-0.39, 0.29) is 11.9 Å². The highest BCUT2D eigenvalue weighted by Crippen LogP contribution is 2.51. The minimum atomic E-state index is 0.0467. The molecule has 0 radical (unpaired) electrons. The normalized spacial score (nSPS) is 25.2. The van der Waals surface area contributed by atoms with Crippen LogP contribution in [0.4, 0.5) is 5.69 Å². The highest BCUT2D eigenvalue weighted by Gasteiger charge is 2.40. The van der Waals surface area contributed by atoms with Gasteiger partial charge in [-0.1, -0.05) is 61.7 Å². The molecule has 1 amide bonds. The lowest BCUT2D eigenvalue weighted by atomic mass is 9.76. The summed E-state index contributed by atoms with van der Waals surface area (Å²) in [5.74, 6) is 1.68. The van der Waals surface area contributed by atoms with Gasteiger partial charge in [-0.15, -0.1) is 0 Å². The van der Waals surface area contributed by atoms with Crippen LogP contribution in [-0.2, 0) is 0 Å². The van der Waals surface area contributed by atoms with Gasteiger partial charge in [-0.05, 0) is 42.9 Å². The molecule has 30 heavy (non-hydrogen) atoms. The molecule has 2 aromatic rings. The fourth-order valence-corrected chi connectivity index (χ4v) is 5.55. The molecule has 0 saturated heterocycles. The highest BCUT2D eigenvalue weighted by molar-refractivity contribution is 6.01. The van der Waals surface area contributed by atoms with Gasteiger partial charge in [-0.2, -0.15) is 0 Å². The number of ether oxygens (including phenoxy) is 1. The van der Waals surface area contributed by atoms with E-state index in [1.54, 1.807) is 7.11 Å². The van der Waals surface area contributed by atoms with Crippen molar-refractivity contribution in [2.75, 3.05) is 12.4 Å². The number of allylic oxidation sites excluding steroid dienone is 2. The molecule has 3 unspecified atom stereocenters. The summed E-state index contributed by atoms with van der Waals surface area (Å²) in [6.07, 6.45) is 11.5. The van der Waals surface area contributed by atoms with Crippen LogP contribution < -0.4 is 15.4 Å². The SMILES string of the molecule is COc1ccccc1C1Nc2c(C(=O)NC3CCCCC3)cccc2C2C=CCC21. The van der Waals surface area contributed by atoms with Crippen LogP contribution in [0.15, 0.2) is 54.6 Å². The first-order valence-electron chi connectivity index (χ1n) is 11.3. The number of carbonyl (C=O) groups excluding carboxylic acids is 1. The average Bonchev–Trinajstić information content (AvgIpc) is 3.29. The van der Waals surface area contributed by atoms with Crippen LogP contribution in [-0.4, -0.2) is 19.1 Å². The number of nitrogens with one attached hydrogen (secondary N) is 2. The summed E-state index contributed by atoms with van der Waals surface area (Å²) in [5.41, 5.74) is 4.13. The van der Waals surface area contributed by atoms with Crippen molar-refractivity contribution in [3.8, 4) is 5.75 Å². The molecular weight excluding hydrogens is 372 g/mol. The molecule has 1 aliphatic heterocycles. The van der Waals surface area contributed by atoms with Gasteiger partial charge in [0, 0.05) is 17.5 Å². The van der Waals surface area contributed by atoms with Crippen molar-refractivity contribution < 1.29 is 9.53 Å². The smallest absolute Gasteiger partial charge is 0.253 e. The summed E-state index contributed by atoms with van der Waals surface area (Å²) in [4.78, 5) is 13.2. The van der Waals surface area contributed by atoms with Crippen molar-refractivity contribution in [1.29, 1.82) is 0 Å². The first-order valence-corrected chi connectivity index (χ1v) is 11.3. The maximum Gasteiger partial charge on any atom is 0.253 e. The Labute approximate surface area is 178 Å². The molecule has 5 rings (SSSR count). The first-order chi connectivity index (χ1) is 14.8. The summed E-state index contributed by atoms with van der Waals surface area (Å²) < 4.78 is 5.67. The average molecular weight is 403 g/mol. The largest absolute Gasteiger partial charge is 0.496 e. The summed E-state index contributed by atoms with van der Waals surface area (Å²) in [7, 11) is 1.73. The predicted molar refractivity (Wildman–Crippen MR) is 120 cm³/mol. The number of carbonyl (C=O) groups is 1. The molecule has 2 aromatic carbocycles. The quantitative estimate of drug-likeness (QED) is 0.656. The first kappa shape index (κ1) is 19.2. The van der Waals surface area contributed by atoms with Gasteiger partial charge >= 0.3 is 0 Å². The van der Waals surface area contributed by atoms with Gasteiger partial charge in [-0.3, -0.25) is 4.79 Å². The predicted octanol–water partition coefficient (Wildman–Crippen LogP) is 5.58. The lowest BCUT2D eigenvalue weighted by Gasteiger charge is -2.39. The molecule has 1 saturated carbocycles. The third-order valence-corrected chi connectivity index (χ3v) is 7.06. The van der Waals surface area contributed by atoms with Gasteiger partial charge in [0.25, 0.3) is 5.91 Å². The molecule has 0 aromatic heterocycles. The van der Waals surface area contributed by atoms with Crippen molar-refractivity contribution in [3.05, 3.63) is 71.3 Å². The molecule has 0 bridgehead atoms. The van der Waals surface area contributed by atoms with Crippen LogP contribution in [0.2, 0.25) is 0 Å².